The van der Waals surface area contributed by atoms with Gasteiger partial charge in [-0.25, -0.2) is 0 Å². The molecule has 0 aliphatic rings. The molecule has 0 radical (unpaired) electrons. The van der Waals surface area contributed by atoms with Gasteiger partial charge in [-0.3, -0.25) is 19.6 Å². The van der Waals surface area contributed by atoms with Gasteiger partial charge in [0.2, 0.25) is 0 Å². The van der Waals surface area contributed by atoms with Crippen molar-refractivity contribution in [1.82, 2.24) is 9.78 Å². The number of halogens is 3. The van der Waals surface area contributed by atoms with Crippen molar-refractivity contribution in [2.24, 2.45) is 0 Å². The Hall–Kier alpha value is -2.42. The largest absolute Gasteiger partial charge is 0.304 e. The summed E-state index contributed by atoms with van der Waals surface area (Å²) in [6.07, 6.45) is 1.72. The summed E-state index contributed by atoms with van der Waals surface area (Å²) >= 11 is 15.0. The number of nitro groups is 1. The average Bonchev–Trinajstić information content (AvgIpc) is 2.96. The van der Waals surface area contributed by atoms with E-state index in [0.29, 0.717) is 21.9 Å². The molecule has 0 saturated carbocycles. The average molecular weight is 470 g/mol. The minimum atomic E-state index is -0.643. The zero-order valence-electron chi connectivity index (χ0n) is 13.5. The monoisotopic (exact) mass is 468 g/mol. The minimum absolute atomic E-state index is 0.0371. The fraction of sp³-hybridized carbons (Fsp3) is 0.0588. The normalized spacial score (nSPS) is 10.6. The first-order valence-corrected chi connectivity index (χ1v) is 9.11. The van der Waals surface area contributed by atoms with Crippen LogP contribution in [-0.2, 0) is 6.54 Å². The summed E-state index contributed by atoms with van der Waals surface area (Å²) in [5.41, 5.74) is 0.752. The molecule has 1 heterocycles. The highest BCUT2D eigenvalue weighted by atomic mass is 79.9. The first-order valence-electron chi connectivity index (χ1n) is 7.56. The van der Waals surface area contributed by atoms with Crippen molar-refractivity contribution in [3.63, 3.8) is 0 Å². The highest BCUT2D eigenvalue weighted by molar-refractivity contribution is 9.10. The minimum Gasteiger partial charge on any atom is -0.304 e. The Kier molecular flexibility index (Phi) is 5.79. The van der Waals surface area contributed by atoms with Crippen molar-refractivity contribution in [1.29, 1.82) is 0 Å². The predicted octanol–water partition coefficient (Wildman–Crippen LogP) is 5.16. The van der Waals surface area contributed by atoms with Crippen molar-refractivity contribution in [2.75, 3.05) is 5.32 Å². The smallest absolute Gasteiger partial charge is 0.288 e. The lowest BCUT2D eigenvalue weighted by Gasteiger charge is -2.04. The van der Waals surface area contributed by atoms with E-state index >= 15 is 0 Å². The summed E-state index contributed by atoms with van der Waals surface area (Å²) in [6.45, 7) is 0.484. The Morgan fingerprint density at radius 1 is 1.22 bits per heavy atom. The van der Waals surface area contributed by atoms with Crippen molar-refractivity contribution < 1.29 is 9.72 Å². The first-order chi connectivity index (χ1) is 12.8. The van der Waals surface area contributed by atoms with Crippen molar-refractivity contribution in [3.8, 4) is 0 Å². The predicted molar refractivity (Wildman–Crippen MR) is 107 cm³/mol. The Balaban J connectivity index is 1.77. The van der Waals surface area contributed by atoms with E-state index in [0.717, 1.165) is 11.6 Å². The Bertz CT molecular complexity index is 1020. The molecule has 0 saturated heterocycles. The van der Waals surface area contributed by atoms with Gasteiger partial charge < -0.3 is 5.32 Å². The number of nitrogens with zero attached hydrogens (tertiary/aromatic N) is 3. The van der Waals surface area contributed by atoms with E-state index in [9.17, 15) is 14.9 Å². The number of hydrogen-bond donors (Lipinski definition) is 1. The summed E-state index contributed by atoms with van der Waals surface area (Å²) in [7, 11) is 0. The van der Waals surface area contributed by atoms with Gasteiger partial charge >= 0.3 is 0 Å². The van der Waals surface area contributed by atoms with Crippen molar-refractivity contribution in [3.05, 3.63) is 84.4 Å². The Morgan fingerprint density at radius 2 is 1.93 bits per heavy atom. The summed E-state index contributed by atoms with van der Waals surface area (Å²) in [4.78, 5) is 22.7. The van der Waals surface area contributed by atoms with Gasteiger partial charge in [-0.15, -0.1) is 0 Å². The van der Waals surface area contributed by atoms with Crippen LogP contribution >= 0.6 is 39.1 Å². The third-order valence-corrected chi connectivity index (χ3v) is 4.76. The maximum Gasteiger partial charge on any atom is 0.288 e. The van der Waals surface area contributed by atoms with Crippen LogP contribution in [0.1, 0.15) is 15.9 Å². The van der Waals surface area contributed by atoms with Crippen LogP contribution in [-0.4, -0.2) is 20.6 Å². The molecule has 2 aromatic carbocycles. The van der Waals surface area contributed by atoms with Gasteiger partial charge in [0, 0.05) is 22.8 Å². The fourth-order valence-electron chi connectivity index (χ4n) is 2.31. The van der Waals surface area contributed by atoms with Gasteiger partial charge in [0.25, 0.3) is 11.6 Å². The number of carbonyl (C=O) groups excluding carboxylic acids is 1. The highest BCUT2D eigenvalue weighted by Crippen LogP contribution is 2.26. The van der Waals surface area contributed by atoms with Crippen molar-refractivity contribution in [2.45, 2.75) is 6.54 Å². The summed E-state index contributed by atoms with van der Waals surface area (Å²) in [6, 6.07) is 11.2. The maximum absolute atomic E-state index is 12.4. The molecule has 0 spiro atoms. The number of nitro benzene ring substituents is 1. The standard InChI is InChI=1S/C17H11BrCl2N4O3/c18-13-9-23(8-10-1-4-12(19)5-2-10)22-16(13)21-17(25)11-3-6-14(20)15(7-11)24(26)27/h1-7,9H,8H2,(H,21,22,25). The molecule has 10 heteroatoms. The van der Waals surface area contributed by atoms with E-state index in [1.54, 1.807) is 23.0 Å². The molecule has 0 aliphatic carbocycles. The number of amides is 1. The molecule has 1 N–H and O–H groups in total. The molecule has 0 unspecified atom stereocenters. The Labute approximate surface area is 172 Å². The highest BCUT2D eigenvalue weighted by Gasteiger charge is 2.18. The Morgan fingerprint density at radius 3 is 2.59 bits per heavy atom. The number of anilines is 1. The zero-order valence-corrected chi connectivity index (χ0v) is 16.6. The second-order valence-electron chi connectivity index (χ2n) is 5.53. The van der Waals surface area contributed by atoms with E-state index in [1.165, 1.54) is 12.1 Å². The van der Waals surface area contributed by atoms with Gasteiger partial charge in [-0.2, -0.15) is 5.10 Å². The fourth-order valence-corrected chi connectivity index (χ4v) is 3.04. The molecule has 0 fully saturated rings. The van der Waals surface area contributed by atoms with Gasteiger partial charge in [0.05, 0.1) is 15.9 Å². The SMILES string of the molecule is O=C(Nc1nn(Cc2ccc(Cl)cc2)cc1Br)c1ccc(Cl)c([N+](=O)[O-])c1. The molecule has 1 aromatic heterocycles. The number of carbonyl (C=O) groups is 1. The molecular formula is C17H11BrCl2N4O3. The molecule has 7 nitrogen and oxygen atoms in total. The van der Waals surface area contributed by atoms with Crippen LogP contribution in [0, 0.1) is 10.1 Å². The molecule has 3 aromatic rings. The quantitative estimate of drug-likeness (QED) is 0.412. The third kappa shape index (κ3) is 4.65. The van der Waals surface area contributed by atoms with Crippen LogP contribution in [0.4, 0.5) is 11.5 Å². The lowest BCUT2D eigenvalue weighted by molar-refractivity contribution is -0.384. The van der Waals surface area contributed by atoms with Crippen LogP contribution in [0.3, 0.4) is 0 Å². The second kappa shape index (κ2) is 8.08. The number of benzene rings is 2. The maximum atomic E-state index is 12.4. The molecule has 0 bridgehead atoms. The van der Waals surface area contributed by atoms with E-state index in [4.69, 9.17) is 23.2 Å². The van der Waals surface area contributed by atoms with Gasteiger partial charge in [0.1, 0.15) is 5.02 Å². The molecule has 27 heavy (non-hydrogen) atoms. The van der Waals surface area contributed by atoms with E-state index < -0.39 is 10.8 Å². The summed E-state index contributed by atoms with van der Waals surface area (Å²) in [5, 5.41) is 18.5. The second-order valence-corrected chi connectivity index (χ2v) is 7.23. The number of hydrogen-bond acceptors (Lipinski definition) is 4. The number of nitrogens with one attached hydrogen (secondary N) is 1. The molecule has 0 aliphatic heterocycles. The molecule has 0 atom stereocenters. The summed E-state index contributed by atoms with van der Waals surface area (Å²) < 4.78 is 2.22. The topological polar surface area (TPSA) is 90.1 Å². The van der Waals surface area contributed by atoms with Crippen LogP contribution < -0.4 is 5.32 Å². The van der Waals surface area contributed by atoms with Gasteiger partial charge in [-0.1, -0.05) is 35.3 Å². The van der Waals surface area contributed by atoms with E-state index in [2.05, 4.69) is 26.3 Å². The molecule has 138 valence electrons. The van der Waals surface area contributed by atoms with Crippen LogP contribution in [0.15, 0.2) is 53.1 Å². The van der Waals surface area contributed by atoms with Gasteiger partial charge in [-0.05, 0) is 45.8 Å². The van der Waals surface area contributed by atoms with Crippen LogP contribution in [0.2, 0.25) is 10.0 Å². The molecular weight excluding hydrogens is 459 g/mol. The van der Waals surface area contributed by atoms with E-state index in [-0.39, 0.29) is 16.3 Å². The molecule has 3 rings (SSSR count). The lowest BCUT2D eigenvalue weighted by atomic mass is 10.2. The van der Waals surface area contributed by atoms with Gasteiger partial charge in [0.15, 0.2) is 5.82 Å². The van der Waals surface area contributed by atoms with Crippen LogP contribution in [0.25, 0.3) is 0 Å². The number of aromatic nitrogens is 2. The third-order valence-electron chi connectivity index (χ3n) is 3.61. The zero-order chi connectivity index (χ0) is 19.6. The number of rotatable bonds is 5. The first kappa shape index (κ1) is 19.3. The van der Waals surface area contributed by atoms with Crippen molar-refractivity contribution >= 4 is 56.5 Å². The summed E-state index contributed by atoms with van der Waals surface area (Å²) in [5.74, 6) is -0.237. The van der Waals surface area contributed by atoms with Crippen LogP contribution in [0.5, 0.6) is 0 Å². The molecule has 1 amide bonds. The van der Waals surface area contributed by atoms with E-state index in [1.807, 2.05) is 12.1 Å². The lowest BCUT2D eigenvalue weighted by Crippen LogP contribution is -2.13.